The first kappa shape index (κ1) is 14.1. The SMILES string of the molecule is Fc1cccc(Cl)c1CCc1ccccc1C1=NCCN1. The van der Waals surface area contributed by atoms with Gasteiger partial charge >= 0.3 is 0 Å². The van der Waals surface area contributed by atoms with Crippen molar-refractivity contribution < 1.29 is 4.39 Å². The van der Waals surface area contributed by atoms with Crippen molar-refractivity contribution >= 4 is 17.4 Å². The lowest BCUT2D eigenvalue weighted by molar-refractivity contribution is 0.609. The third-order valence-corrected chi connectivity index (χ3v) is 4.01. The molecule has 1 aliphatic heterocycles. The van der Waals surface area contributed by atoms with E-state index in [1.54, 1.807) is 12.1 Å². The van der Waals surface area contributed by atoms with Gasteiger partial charge in [0.15, 0.2) is 0 Å². The molecule has 0 bridgehead atoms. The Hall–Kier alpha value is -1.87. The molecule has 21 heavy (non-hydrogen) atoms. The molecule has 0 amide bonds. The third kappa shape index (κ3) is 3.08. The van der Waals surface area contributed by atoms with Crippen molar-refractivity contribution in [3.05, 3.63) is 70.0 Å². The first-order chi connectivity index (χ1) is 10.3. The van der Waals surface area contributed by atoms with Crippen molar-refractivity contribution in [3.8, 4) is 0 Å². The maximum absolute atomic E-state index is 13.8. The number of rotatable bonds is 4. The molecule has 108 valence electrons. The lowest BCUT2D eigenvalue weighted by atomic mass is 9.99. The van der Waals surface area contributed by atoms with Crippen molar-refractivity contribution in [3.63, 3.8) is 0 Å². The molecule has 0 aromatic heterocycles. The summed E-state index contributed by atoms with van der Waals surface area (Å²) in [5, 5.41) is 3.77. The van der Waals surface area contributed by atoms with E-state index in [-0.39, 0.29) is 5.82 Å². The van der Waals surface area contributed by atoms with Crippen LogP contribution < -0.4 is 5.32 Å². The summed E-state index contributed by atoms with van der Waals surface area (Å²) in [6.45, 7) is 1.69. The molecule has 0 unspecified atom stereocenters. The van der Waals surface area contributed by atoms with E-state index in [4.69, 9.17) is 11.6 Å². The van der Waals surface area contributed by atoms with Gasteiger partial charge in [-0.05, 0) is 30.5 Å². The fraction of sp³-hybridized carbons (Fsp3) is 0.235. The number of benzene rings is 2. The highest BCUT2D eigenvalue weighted by atomic mass is 35.5. The first-order valence-electron chi connectivity index (χ1n) is 7.05. The molecule has 1 N–H and O–H groups in total. The lowest BCUT2D eigenvalue weighted by Crippen LogP contribution is -2.21. The summed E-state index contributed by atoms with van der Waals surface area (Å²) < 4.78 is 13.8. The van der Waals surface area contributed by atoms with Gasteiger partial charge in [0.1, 0.15) is 11.7 Å². The van der Waals surface area contributed by atoms with Crippen LogP contribution in [0.1, 0.15) is 16.7 Å². The standard InChI is InChI=1S/C17H16ClFN2/c18-15-6-3-7-16(19)14(15)9-8-12-4-1-2-5-13(12)17-20-10-11-21-17/h1-7H,8-11H2,(H,20,21). The highest BCUT2D eigenvalue weighted by Crippen LogP contribution is 2.22. The maximum Gasteiger partial charge on any atom is 0.128 e. The highest BCUT2D eigenvalue weighted by molar-refractivity contribution is 6.31. The van der Waals surface area contributed by atoms with Crippen LogP contribution >= 0.6 is 11.6 Å². The molecule has 2 aromatic rings. The van der Waals surface area contributed by atoms with E-state index < -0.39 is 0 Å². The van der Waals surface area contributed by atoms with Gasteiger partial charge in [-0.15, -0.1) is 0 Å². The van der Waals surface area contributed by atoms with Crippen molar-refractivity contribution in [1.82, 2.24) is 5.32 Å². The van der Waals surface area contributed by atoms with Crippen LogP contribution in [0, 0.1) is 5.82 Å². The molecular weight excluding hydrogens is 287 g/mol. The number of nitrogens with zero attached hydrogens (tertiary/aromatic N) is 1. The molecule has 0 saturated carbocycles. The number of halogens is 2. The summed E-state index contributed by atoms with van der Waals surface area (Å²) in [6, 6.07) is 12.9. The van der Waals surface area contributed by atoms with Crippen LogP contribution in [0.2, 0.25) is 5.02 Å². The molecule has 2 nitrogen and oxygen atoms in total. The fourth-order valence-corrected chi connectivity index (χ4v) is 2.84. The van der Waals surface area contributed by atoms with E-state index >= 15 is 0 Å². The summed E-state index contributed by atoms with van der Waals surface area (Å²) in [5.74, 6) is 0.696. The topological polar surface area (TPSA) is 24.4 Å². The zero-order valence-corrected chi connectivity index (χ0v) is 12.3. The number of hydrogen-bond acceptors (Lipinski definition) is 2. The normalized spacial score (nSPS) is 13.9. The van der Waals surface area contributed by atoms with Crippen LogP contribution in [0.5, 0.6) is 0 Å². The Kier molecular flexibility index (Phi) is 4.20. The lowest BCUT2D eigenvalue weighted by Gasteiger charge is -2.11. The van der Waals surface area contributed by atoms with Crippen LogP contribution in [0.15, 0.2) is 47.5 Å². The van der Waals surface area contributed by atoms with Gasteiger partial charge in [-0.25, -0.2) is 4.39 Å². The van der Waals surface area contributed by atoms with Gasteiger partial charge in [-0.2, -0.15) is 0 Å². The van der Waals surface area contributed by atoms with Crippen molar-refractivity contribution in [2.75, 3.05) is 13.1 Å². The second-order valence-electron chi connectivity index (χ2n) is 5.01. The Labute approximate surface area is 128 Å². The zero-order chi connectivity index (χ0) is 14.7. The first-order valence-corrected chi connectivity index (χ1v) is 7.43. The van der Waals surface area contributed by atoms with Crippen molar-refractivity contribution in [1.29, 1.82) is 0 Å². The van der Waals surface area contributed by atoms with Gasteiger partial charge in [-0.1, -0.05) is 41.9 Å². The summed E-state index contributed by atoms with van der Waals surface area (Å²) in [4.78, 5) is 4.46. The molecule has 0 aliphatic carbocycles. The predicted octanol–water partition coefficient (Wildman–Crippen LogP) is 3.61. The quantitative estimate of drug-likeness (QED) is 0.916. The second-order valence-corrected chi connectivity index (χ2v) is 5.42. The fourth-order valence-electron chi connectivity index (χ4n) is 2.58. The summed E-state index contributed by atoms with van der Waals surface area (Å²) in [5.41, 5.74) is 2.84. The van der Waals surface area contributed by atoms with E-state index in [0.717, 1.165) is 36.5 Å². The Morgan fingerprint density at radius 1 is 1.10 bits per heavy atom. The van der Waals surface area contributed by atoms with Gasteiger partial charge in [0, 0.05) is 22.7 Å². The van der Waals surface area contributed by atoms with Gasteiger partial charge in [-0.3, -0.25) is 4.99 Å². The summed E-state index contributed by atoms with van der Waals surface area (Å²) >= 11 is 6.09. The average Bonchev–Trinajstić information content (AvgIpc) is 3.01. The smallest absolute Gasteiger partial charge is 0.128 e. The monoisotopic (exact) mass is 302 g/mol. The number of amidine groups is 1. The van der Waals surface area contributed by atoms with Gasteiger partial charge in [0.2, 0.25) is 0 Å². The number of nitrogens with one attached hydrogen (secondary N) is 1. The number of hydrogen-bond donors (Lipinski definition) is 1. The molecule has 0 radical (unpaired) electrons. The van der Waals surface area contributed by atoms with Gasteiger partial charge < -0.3 is 5.32 Å². The van der Waals surface area contributed by atoms with Crippen LogP contribution in [0.4, 0.5) is 4.39 Å². The molecule has 4 heteroatoms. The average molecular weight is 303 g/mol. The molecular formula is C17H16ClFN2. The van der Waals surface area contributed by atoms with E-state index in [9.17, 15) is 4.39 Å². The van der Waals surface area contributed by atoms with Crippen molar-refractivity contribution in [2.45, 2.75) is 12.8 Å². The second kappa shape index (κ2) is 6.27. The Bertz CT molecular complexity index is 662. The Morgan fingerprint density at radius 2 is 1.95 bits per heavy atom. The molecule has 2 aromatic carbocycles. The molecule has 3 rings (SSSR count). The molecule has 0 saturated heterocycles. The highest BCUT2D eigenvalue weighted by Gasteiger charge is 2.13. The van der Waals surface area contributed by atoms with Crippen LogP contribution in [-0.2, 0) is 12.8 Å². The van der Waals surface area contributed by atoms with Crippen LogP contribution in [-0.4, -0.2) is 18.9 Å². The summed E-state index contributed by atoms with van der Waals surface area (Å²) in [7, 11) is 0. The molecule has 1 heterocycles. The third-order valence-electron chi connectivity index (χ3n) is 3.65. The zero-order valence-electron chi connectivity index (χ0n) is 11.6. The van der Waals surface area contributed by atoms with E-state index in [1.807, 2.05) is 12.1 Å². The number of aliphatic imine (C=N–C) groups is 1. The minimum atomic E-state index is -0.240. The predicted molar refractivity (Wildman–Crippen MR) is 84.7 cm³/mol. The number of aryl methyl sites for hydroxylation is 1. The van der Waals surface area contributed by atoms with Crippen LogP contribution in [0.3, 0.4) is 0 Å². The van der Waals surface area contributed by atoms with Gasteiger partial charge in [0.05, 0.1) is 6.54 Å². The minimum Gasteiger partial charge on any atom is -0.368 e. The minimum absolute atomic E-state index is 0.240. The maximum atomic E-state index is 13.8. The molecule has 0 fully saturated rings. The molecule has 1 aliphatic rings. The molecule has 0 atom stereocenters. The largest absolute Gasteiger partial charge is 0.368 e. The summed E-state index contributed by atoms with van der Waals surface area (Å²) in [6.07, 6.45) is 1.31. The van der Waals surface area contributed by atoms with E-state index in [0.29, 0.717) is 17.0 Å². The van der Waals surface area contributed by atoms with Crippen LogP contribution in [0.25, 0.3) is 0 Å². The van der Waals surface area contributed by atoms with E-state index in [2.05, 4.69) is 22.4 Å². The van der Waals surface area contributed by atoms with E-state index in [1.165, 1.54) is 6.07 Å². The molecule has 0 spiro atoms. The Balaban J connectivity index is 1.83. The van der Waals surface area contributed by atoms with Gasteiger partial charge in [0.25, 0.3) is 0 Å². The Morgan fingerprint density at radius 3 is 2.71 bits per heavy atom. The van der Waals surface area contributed by atoms with Crippen molar-refractivity contribution in [2.24, 2.45) is 4.99 Å².